The SMILES string of the molecule is CN(C[C@@H]1C[C@H](F)CN1Cc1cccs1)C(=O)c1ccc(C#N)cc1. The minimum Gasteiger partial charge on any atom is -0.340 e. The molecule has 1 aromatic carbocycles. The Balaban J connectivity index is 1.64. The molecule has 2 heterocycles. The molecule has 6 heteroatoms. The van der Waals surface area contributed by atoms with Crippen molar-refractivity contribution in [2.45, 2.75) is 25.2 Å². The summed E-state index contributed by atoms with van der Waals surface area (Å²) < 4.78 is 13.9. The molecule has 0 spiro atoms. The van der Waals surface area contributed by atoms with Gasteiger partial charge in [-0.25, -0.2) is 4.39 Å². The number of likely N-dealkylation sites (tertiary alicyclic amines) is 1. The summed E-state index contributed by atoms with van der Waals surface area (Å²) in [6.07, 6.45) is -0.389. The second-order valence-corrected chi connectivity index (χ2v) is 7.40. The average Bonchev–Trinajstić information content (AvgIpc) is 3.24. The number of halogens is 1. The highest BCUT2D eigenvalue weighted by Crippen LogP contribution is 2.25. The zero-order chi connectivity index (χ0) is 17.8. The maximum atomic E-state index is 13.9. The molecule has 25 heavy (non-hydrogen) atoms. The predicted octanol–water partition coefficient (Wildman–Crippen LogP) is 3.30. The molecule has 3 rings (SSSR count). The molecule has 130 valence electrons. The van der Waals surface area contributed by atoms with Gasteiger partial charge in [-0.05, 0) is 42.1 Å². The van der Waals surface area contributed by atoms with Crippen LogP contribution in [0.3, 0.4) is 0 Å². The maximum absolute atomic E-state index is 13.9. The first-order valence-electron chi connectivity index (χ1n) is 8.23. The van der Waals surface area contributed by atoms with Crippen LogP contribution >= 0.6 is 11.3 Å². The van der Waals surface area contributed by atoms with E-state index in [1.165, 1.54) is 4.88 Å². The van der Waals surface area contributed by atoms with Crippen LogP contribution in [0.5, 0.6) is 0 Å². The van der Waals surface area contributed by atoms with Crippen molar-refractivity contribution in [3.05, 3.63) is 57.8 Å². The zero-order valence-corrected chi connectivity index (χ0v) is 14.9. The van der Waals surface area contributed by atoms with E-state index in [9.17, 15) is 9.18 Å². The van der Waals surface area contributed by atoms with Crippen LogP contribution in [-0.4, -0.2) is 48.1 Å². The van der Waals surface area contributed by atoms with Gasteiger partial charge < -0.3 is 4.90 Å². The van der Waals surface area contributed by atoms with E-state index in [1.54, 1.807) is 47.5 Å². The van der Waals surface area contributed by atoms with Crippen molar-refractivity contribution in [3.8, 4) is 6.07 Å². The summed E-state index contributed by atoms with van der Waals surface area (Å²) in [4.78, 5) is 17.5. The van der Waals surface area contributed by atoms with E-state index in [4.69, 9.17) is 5.26 Å². The molecule has 1 saturated heterocycles. The molecule has 0 radical (unpaired) electrons. The summed E-state index contributed by atoms with van der Waals surface area (Å²) in [6.45, 7) is 1.63. The summed E-state index contributed by atoms with van der Waals surface area (Å²) in [6, 6.07) is 12.7. The van der Waals surface area contributed by atoms with Crippen LogP contribution in [0.4, 0.5) is 4.39 Å². The number of carbonyl (C=O) groups is 1. The highest BCUT2D eigenvalue weighted by Gasteiger charge is 2.33. The number of benzene rings is 1. The third-order valence-corrected chi connectivity index (χ3v) is 5.37. The summed E-state index contributed by atoms with van der Waals surface area (Å²) in [5.41, 5.74) is 1.07. The molecule has 0 saturated carbocycles. The van der Waals surface area contributed by atoms with Gasteiger partial charge in [-0.15, -0.1) is 11.3 Å². The molecule has 0 N–H and O–H groups in total. The number of alkyl halides is 1. The number of nitrogens with zero attached hydrogens (tertiary/aromatic N) is 3. The lowest BCUT2D eigenvalue weighted by Gasteiger charge is -2.28. The standard InChI is InChI=1S/C19H20FN3OS/c1-22(19(24)15-6-4-14(10-21)5-7-15)12-17-9-16(20)11-23(17)13-18-3-2-8-25-18/h2-8,16-17H,9,11-13H2,1H3/t16-,17-/m0/s1. The van der Waals surface area contributed by atoms with Gasteiger partial charge in [0.2, 0.25) is 0 Å². The zero-order valence-electron chi connectivity index (χ0n) is 14.1. The van der Waals surface area contributed by atoms with Gasteiger partial charge in [-0.3, -0.25) is 9.69 Å². The number of thiophene rings is 1. The molecule has 0 aliphatic carbocycles. The van der Waals surface area contributed by atoms with Gasteiger partial charge in [0.25, 0.3) is 5.91 Å². The first kappa shape index (κ1) is 17.6. The minimum absolute atomic E-state index is 0.0180. The third-order valence-electron chi connectivity index (χ3n) is 4.51. The fraction of sp³-hybridized carbons (Fsp3) is 0.368. The predicted molar refractivity (Wildman–Crippen MR) is 96.1 cm³/mol. The maximum Gasteiger partial charge on any atom is 0.253 e. The van der Waals surface area contributed by atoms with Gasteiger partial charge >= 0.3 is 0 Å². The molecular weight excluding hydrogens is 337 g/mol. The van der Waals surface area contributed by atoms with Crippen LogP contribution in [0.25, 0.3) is 0 Å². The van der Waals surface area contributed by atoms with E-state index >= 15 is 0 Å². The van der Waals surface area contributed by atoms with Crippen LogP contribution in [0.15, 0.2) is 41.8 Å². The largest absolute Gasteiger partial charge is 0.340 e. The normalized spacial score (nSPS) is 20.4. The van der Waals surface area contributed by atoms with Gasteiger partial charge in [0, 0.05) is 43.2 Å². The Morgan fingerprint density at radius 3 is 2.80 bits per heavy atom. The number of nitriles is 1. The summed E-state index contributed by atoms with van der Waals surface area (Å²) in [5, 5.41) is 10.9. The Kier molecular flexibility index (Phi) is 5.47. The molecule has 1 aliphatic rings. The second-order valence-electron chi connectivity index (χ2n) is 6.37. The van der Waals surface area contributed by atoms with E-state index in [0.717, 1.165) is 6.54 Å². The van der Waals surface area contributed by atoms with Crippen LogP contribution in [0, 0.1) is 11.3 Å². The smallest absolute Gasteiger partial charge is 0.253 e. The first-order chi connectivity index (χ1) is 12.1. The fourth-order valence-corrected chi connectivity index (χ4v) is 3.94. The highest BCUT2D eigenvalue weighted by molar-refractivity contribution is 7.09. The molecule has 2 aromatic rings. The van der Waals surface area contributed by atoms with E-state index < -0.39 is 6.17 Å². The number of amides is 1. The number of hydrogen-bond donors (Lipinski definition) is 0. The molecule has 2 atom stereocenters. The Bertz CT molecular complexity index is 754. The number of carbonyl (C=O) groups excluding carboxylic acids is 1. The van der Waals surface area contributed by atoms with Gasteiger partial charge in [0.1, 0.15) is 6.17 Å². The van der Waals surface area contributed by atoms with Crippen molar-refractivity contribution in [2.24, 2.45) is 0 Å². The van der Waals surface area contributed by atoms with Crippen molar-refractivity contribution in [1.82, 2.24) is 9.80 Å². The lowest BCUT2D eigenvalue weighted by Crippen LogP contribution is -2.40. The lowest BCUT2D eigenvalue weighted by molar-refractivity contribution is 0.0750. The summed E-state index contributed by atoms with van der Waals surface area (Å²) >= 11 is 1.67. The minimum atomic E-state index is -0.844. The quantitative estimate of drug-likeness (QED) is 0.825. The molecule has 1 aromatic heterocycles. The van der Waals surface area contributed by atoms with Crippen LogP contribution < -0.4 is 0 Å². The Hall–Kier alpha value is -2.23. The summed E-state index contributed by atoms with van der Waals surface area (Å²) in [5.74, 6) is -0.108. The van der Waals surface area contributed by atoms with Crippen molar-refractivity contribution in [3.63, 3.8) is 0 Å². The van der Waals surface area contributed by atoms with E-state index in [-0.39, 0.29) is 11.9 Å². The Morgan fingerprint density at radius 1 is 1.40 bits per heavy atom. The molecule has 1 amide bonds. The Labute approximate surface area is 151 Å². The first-order valence-corrected chi connectivity index (χ1v) is 9.11. The number of likely N-dealkylation sites (N-methyl/N-ethyl adjacent to an activating group) is 1. The fourth-order valence-electron chi connectivity index (χ4n) is 3.22. The van der Waals surface area contributed by atoms with E-state index in [1.807, 2.05) is 17.5 Å². The molecule has 1 fully saturated rings. The third kappa shape index (κ3) is 4.25. The van der Waals surface area contributed by atoms with Gasteiger partial charge in [-0.2, -0.15) is 5.26 Å². The van der Waals surface area contributed by atoms with Crippen LogP contribution in [-0.2, 0) is 6.54 Å². The van der Waals surface area contributed by atoms with Crippen molar-refractivity contribution < 1.29 is 9.18 Å². The van der Waals surface area contributed by atoms with E-state index in [2.05, 4.69) is 11.0 Å². The summed E-state index contributed by atoms with van der Waals surface area (Å²) in [7, 11) is 1.75. The van der Waals surface area contributed by atoms with Gasteiger partial charge in [0.15, 0.2) is 0 Å². The van der Waals surface area contributed by atoms with E-state index in [0.29, 0.717) is 30.6 Å². The van der Waals surface area contributed by atoms with Crippen LogP contribution in [0.2, 0.25) is 0 Å². The second kappa shape index (κ2) is 7.77. The number of hydrogen-bond acceptors (Lipinski definition) is 4. The van der Waals surface area contributed by atoms with Gasteiger partial charge in [0.05, 0.1) is 11.6 Å². The topological polar surface area (TPSA) is 47.3 Å². The lowest BCUT2D eigenvalue weighted by atomic mass is 10.1. The molecule has 0 unspecified atom stereocenters. The highest BCUT2D eigenvalue weighted by atomic mass is 32.1. The molecule has 0 bridgehead atoms. The van der Waals surface area contributed by atoms with Crippen molar-refractivity contribution in [2.75, 3.05) is 20.1 Å². The average molecular weight is 357 g/mol. The van der Waals surface area contributed by atoms with Crippen molar-refractivity contribution >= 4 is 17.2 Å². The monoisotopic (exact) mass is 357 g/mol. The Morgan fingerprint density at radius 2 is 2.16 bits per heavy atom. The molecular formula is C19H20FN3OS. The molecule has 4 nitrogen and oxygen atoms in total. The van der Waals surface area contributed by atoms with Crippen molar-refractivity contribution in [1.29, 1.82) is 5.26 Å². The van der Waals surface area contributed by atoms with Gasteiger partial charge in [-0.1, -0.05) is 6.07 Å². The van der Waals surface area contributed by atoms with Crippen LogP contribution in [0.1, 0.15) is 27.2 Å². The molecule has 1 aliphatic heterocycles. The number of rotatable bonds is 5.